The second kappa shape index (κ2) is 8.59. The first kappa shape index (κ1) is 21.0. The molecule has 3 amide bonds. The van der Waals surface area contributed by atoms with Crippen LogP contribution in [0.4, 0.5) is 18.0 Å². The third-order valence-corrected chi connectivity index (χ3v) is 3.51. The number of nitrogens with one attached hydrogen (secondary N) is 2. The van der Waals surface area contributed by atoms with E-state index in [4.69, 9.17) is 9.15 Å². The molecule has 0 aliphatic carbocycles. The molecule has 0 aliphatic heterocycles. The van der Waals surface area contributed by atoms with Crippen molar-refractivity contribution < 1.29 is 36.7 Å². The number of benzene rings is 1. The molecule has 0 radical (unpaired) electrons. The molecule has 28 heavy (non-hydrogen) atoms. The summed E-state index contributed by atoms with van der Waals surface area (Å²) in [7, 11) is 0. The summed E-state index contributed by atoms with van der Waals surface area (Å²) in [5, 5.41) is 4.33. The number of hydrogen-bond acceptors (Lipinski definition) is 5. The van der Waals surface area contributed by atoms with Gasteiger partial charge >= 0.3 is 18.2 Å². The normalized spacial score (nSPS) is 12.2. The van der Waals surface area contributed by atoms with Gasteiger partial charge in [-0.2, -0.15) is 13.2 Å². The zero-order valence-electron chi connectivity index (χ0n) is 14.9. The summed E-state index contributed by atoms with van der Waals surface area (Å²) in [6, 6.07) is 6.20. The lowest BCUT2D eigenvalue weighted by Gasteiger charge is -2.12. The molecule has 2 N–H and O–H groups in total. The lowest BCUT2D eigenvalue weighted by molar-refractivity contribution is -0.137. The third kappa shape index (κ3) is 5.35. The second-order valence-corrected chi connectivity index (χ2v) is 5.64. The number of furan rings is 1. The summed E-state index contributed by atoms with van der Waals surface area (Å²) >= 11 is 0. The van der Waals surface area contributed by atoms with Crippen LogP contribution in [0.15, 0.2) is 40.8 Å². The Kier molecular flexibility index (Phi) is 6.45. The number of imide groups is 1. The molecule has 0 saturated carbocycles. The van der Waals surface area contributed by atoms with E-state index in [-0.39, 0.29) is 17.1 Å². The van der Waals surface area contributed by atoms with E-state index in [2.05, 4.69) is 5.32 Å². The lowest BCUT2D eigenvalue weighted by Crippen LogP contribution is -2.44. The summed E-state index contributed by atoms with van der Waals surface area (Å²) in [4.78, 5) is 35.1. The van der Waals surface area contributed by atoms with Gasteiger partial charge in [-0.25, -0.2) is 9.59 Å². The summed E-state index contributed by atoms with van der Waals surface area (Å²) in [5.74, 6) is -2.12. The Hall–Kier alpha value is -3.30. The highest BCUT2D eigenvalue weighted by molar-refractivity contribution is 5.98. The first-order valence-electron chi connectivity index (χ1n) is 8.19. The van der Waals surface area contributed by atoms with E-state index >= 15 is 0 Å². The Morgan fingerprint density at radius 1 is 1.18 bits per heavy atom. The van der Waals surface area contributed by atoms with Crippen molar-refractivity contribution in [2.45, 2.75) is 26.1 Å². The topological polar surface area (TPSA) is 97.6 Å². The summed E-state index contributed by atoms with van der Waals surface area (Å²) < 4.78 is 48.6. The molecule has 0 fully saturated rings. The molecule has 1 unspecified atom stereocenters. The summed E-state index contributed by atoms with van der Waals surface area (Å²) in [5.41, 5.74) is -0.739. The predicted molar refractivity (Wildman–Crippen MR) is 91.2 cm³/mol. The Morgan fingerprint density at radius 2 is 1.89 bits per heavy atom. The molecular formula is C18H17F3N2O5. The van der Waals surface area contributed by atoms with Gasteiger partial charge in [0.2, 0.25) is 5.76 Å². The second-order valence-electron chi connectivity index (χ2n) is 5.64. The molecule has 10 heteroatoms. The minimum atomic E-state index is -4.52. The van der Waals surface area contributed by atoms with Gasteiger partial charge < -0.3 is 14.5 Å². The van der Waals surface area contributed by atoms with E-state index in [0.29, 0.717) is 6.54 Å². The van der Waals surface area contributed by atoms with Gasteiger partial charge in [-0.15, -0.1) is 0 Å². The average molecular weight is 398 g/mol. The monoisotopic (exact) mass is 398 g/mol. The first-order chi connectivity index (χ1) is 13.1. The molecule has 0 aliphatic rings. The Morgan fingerprint density at radius 3 is 2.54 bits per heavy atom. The number of carbonyl (C=O) groups excluding carboxylic acids is 3. The number of alkyl halides is 3. The summed E-state index contributed by atoms with van der Waals surface area (Å²) in [6.07, 6.45) is -5.81. The van der Waals surface area contributed by atoms with Crippen LogP contribution < -0.4 is 10.6 Å². The lowest BCUT2D eigenvalue weighted by atomic mass is 10.1. The molecular weight excluding hydrogens is 381 g/mol. The van der Waals surface area contributed by atoms with Crippen LogP contribution in [0.5, 0.6) is 0 Å². The van der Waals surface area contributed by atoms with E-state index in [1.807, 2.05) is 5.32 Å². The van der Waals surface area contributed by atoms with E-state index in [9.17, 15) is 27.6 Å². The van der Waals surface area contributed by atoms with E-state index in [0.717, 1.165) is 12.1 Å². The van der Waals surface area contributed by atoms with Gasteiger partial charge in [0.25, 0.3) is 5.91 Å². The molecule has 1 aromatic carbocycles. The molecule has 2 aromatic rings. The maximum Gasteiger partial charge on any atom is 0.416 e. The van der Waals surface area contributed by atoms with Crippen LogP contribution in [-0.4, -0.2) is 30.6 Å². The zero-order chi connectivity index (χ0) is 20.9. The van der Waals surface area contributed by atoms with E-state index in [1.54, 1.807) is 6.92 Å². The van der Waals surface area contributed by atoms with Gasteiger partial charge in [0.1, 0.15) is 5.76 Å². The minimum absolute atomic E-state index is 0.0254. The zero-order valence-corrected chi connectivity index (χ0v) is 14.9. The van der Waals surface area contributed by atoms with Crippen molar-refractivity contribution >= 4 is 17.9 Å². The molecule has 0 spiro atoms. The van der Waals surface area contributed by atoms with Gasteiger partial charge in [-0.3, -0.25) is 10.1 Å². The highest BCUT2D eigenvalue weighted by Gasteiger charge is 2.31. The summed E-state index contributed by atoms with van der Waals surface area (Å²) in [6.45, 7) is 3.22. The molecule has 2 rings (SSSR count). The number of amides is 3. The average Bonchev–Trinajstić information content (AvgIpc) is 3.11. The number of hydrogen-bond donors (Lipinski definition) is 2. The van der Waals surface area contributed by atoms with Crippen molar-refractivity contribution in [2.75, 3.05) is 6.54 Å². The van der Waals surface area contributed by atoms with Gasteiger partial charge in [-0.1, -0.05) is 12.1 Å². The first-order valence-corrected chi connectivity index (χ1v) is 8.19. The van der Waals surface area contributed by atoms with Gasteiger partial charge in [-0.05, 0) is 38.1 Å². The minimum Gasteiger partial charge on any atom is -0.449 e. The van der Waals surface area contributed by atoms with Crippen LogP contribution in [-0.2, 0) is 15.7 Å². The van der Waals surface area contributed by atoms with E-state index in [1.165, 1.54) is 31.2 Å². The standard InChI is InChI=1S/C18H17F3N2O5/c1-3-22-17(26)23-15(24)10(2)27-16(25)14-8-7-13(28-14)11-5-4-6-12(9-11)18(19,20)21/h4-10H,3H2,1-2H3,(H2,22,23,24,26). The van der Waals surface area contributed by atoms with Crippen molar-refractivity contribution in [3.8, 4) is 11.3 Å². The third-order valence-electron chi connectivity index (χ3n) is 3.51. The SMILES string of the molecule is CCNC(=O)NC(=O)C(C)OC(=O)c1ccc(-c2cccc(C(F)(F)F)c2)o1. The number of urea groups is 1. The molecule has 0 saturated heterocycles. The van der Waals surface area contributed by atoms with Gasteiger partial charge in [0.15, 0.2) is 6.10 Å². The molecule has 1 atom stereocenters. The fraction of sp³-hybridized carbons (Fsp3) is 0.278. The van der Waals surface area contributed by atoms with Crippen LogP contribution in [0.25, 0.3) is 11.3 Å². The largest absolute Gasteiger partial charge is 0.449 e. The van der Waals surface area contributed by atoms with Crippen molar-refractivity contribution in [1.29, 1.82) is 0 Å². The maximum absolute atomic E-state index is 12.8. The highest BCUT2D eigenvalue weighted by Crippen LogP contribution is 2.32. The van der Waals surface area contributed by atoms with Crippen LogP contribution in [0, 0.1) is 0 Å². The molecule has 1 heterocycles. The molecule has 0 bridgehead atoms. The van der Waals surface area contributed by atoms with Crippen LogP contribution >= 0.6 is 0 Å². The van der Waals surface area contributed by atoms with Crippen molar-refractivity contribution in [2.24, 2.45) is 0 Å². The molecule has 1 aromatic heterocycles. The Balaban J connectivity index is 2.06. The number of ether oxygens (including phenoxy) is 1. The highest BCUT2D eigenvalue weighted by atomic mass is 19.4. The number of esters is 1. The number of rotatable bonds is 5. The van der Waals surface area contributed by atoms with E-state index < -0.39 is 35.8 Å². The number of halogens is 3. The quantitative estimate of drug-likeness (QED) is 0.753. The van der Waals surface area contributed by atoms with Crippen LogP contribution in [0.2, 0.25) is 0 Å². The molecule has 150 valence electrons. The Bertz CT molecular complexity index is 876. The van der Waals surface area contributed by atoms with Crippen molar-refractivity contribution in [3.05, 3.63) is 47.7 Å². The molecule has 7 nitrogen and oxygen atoms in total. The maximum atomic E-state index is 12.8. The fourth-order valence-electron chi connectivity index (χ4n) is 2.14. The van der Waals surface area contributed by atoms with Gasteiger partial charge in [0.05, 0.1) is 5.56 Å². The van der Waals surface area contributed by atoms with Crippen molar-refractivity contribution in [1.82, 2.24) is 10.6 Å². The Labute approximate surface area is 157 Å². The smallest absolute Gasteiger partial charge is 0.416 e. The van der Waals surface area contributed by atoms with Crippen LogP contribution in [0.1, 0.15) is 30.0 Å². The fourth-order valence-corrected chi connectivity index (χ4v) is 2.14. The number of carbonyl (C=O) groups is 3. The van der Waals surface area contributed by atoms with Gasteiger partial charge in [0, 0.05) is 12.1 Å². The van der Waals surface area contributed by atoms with Crippen molar-refractivity contribution in [3.63, 3.8) is 0 Å². The van der Waals surface area contributed by atoms with Crippen LogP contribution in [0.3, 0.4) is 0 Å². The predicted octanol–water partition coefficient (Wildman–Crippen LogP) is 3.36.